The van der Waals surface area contributed by atoms with Crippen LogP contribution in [0.1, 0.15) is 50.7 Å². The summed E-state index contributed by atoms with van der Waals surface area (Å²) in [5.74, 6) is 0.174. The second kappa shape index (κ2) is 17.3. The van der Waals surface area contributed by atoms with Gasteiger partial charge in [-0.2, -0.15) is 0 Å². The van der Waals surface area contributed by atoms with Gasteiger partial charge in [-0.3, -0.25) is 0 Å². The van der Waals surface area contributed by atoms with Crippen LogP contribution in [0.5, 0.6) is 23.0 Å². The SMILES string of the molecule is CCC[CH2][Sn+2][CH2]CCC.O=C([O-])/C=C/c1ccc2c(c1)OCO2.O=C([O-])/C=C/c1ccc2c(c1)OCO2. The van der Waals surface area contributed by atoms with Gasteiger partial charge in [0.15, 0.2) is 23.0 Å². The normalized spacial score (nSPS) is 12.4. The van der Waals surface area contributed by atoms with Crippen molar-refractivity contribution in [1.29, 1.82) is 0 Å². The predicted molar refractivity (Wildman–Crippen MR) is 138 cm³/mol. The van der Waals surface area contributed by atoms with Gasteiger partial charge in [0, 0.05) is 0 Å². The molecule has 0 bridgehead atoms. The third-order valence-electron chi connectivity index (χ3n) is 5.03. The van der Waals surface area contributed by atoms with Gasteiger partial charge in [-0.15, -0.1) is 0 Å². The molecule has 0 unspecified atom stereocenters. The van der Waals surface area contributed by atoms with Gasteiger partial charge < -0.3 is 38.7 Å². The number of aliphatic carboxylic acids is 2. The summed E-state index contributed by atoms with van der Waals surface area (Å²) in [5, 5.41) is 20.3. The molecule has 0 fully saturated rings. The maximum Gasteiger partial charge on any atom is 0.231 e. The Morgan fingerprint density at radius 1 is 0.730 bits per heavy atom. The number of hydrogen-bond donors (Lipinski definition) is 0. The maximum absolute atomic E-state index is 10.2. The summed E-state index contributed by atoms with van der Waals surface area (Å²) in [7, 11) is 0. The molecule has 0 N–H and O–H groups in total. The quantitative estimate of drug-likeness (QED) is 0.227. The molecule has 2 aliphatic heterocycles. The minimum atomic E-state index is -1.22. The third kappa shape index (κ3) is 12.1. The molecule has 8 nitrogen and oxygen atoms in total. The van der Waals surface area contributed by atoms with Crippen molar-refractivity contribution in [2.45, 2.75) is 48.4 Å². The molecule has 0 aromatic heterocycles. The molecule has 0 spiro atoms. The summed E-state index contributed by atoms with van der Waals surface area (Å²) in [6.07, 6.45) is 10.7. The van der Waals surface area contributed by atoms with E-state index < -0.39 is 11.9 Å². The number of ether oxygens (including phenoxy) is 4. The van der Waals surface area contributed by atoms with Crippen LogP contribution in [0.4, 0.5) is 0 Å². The fraction of sp³-hybridized carbons (Fsp3) is 0.357. The van der Waals surface area contributed by atoms with Crippen molar-refractivity contribution >= 4 is 45.2 Å². The van der Waals surface area contributed by atoms with Gasteiger partial charge in [0.1, 0.15) is 0 Å². The van der Waals surface area contributed by atoms with Crippen LogP contribution < -0.4 is 29.2 Å². The first-order valence-corrected chi connectivity index (χ1v) is 16.2. The van der Waals surface area contributed by atoms with E-state index in [1.165, 1.54) is 37.8 Å². The van der Waals surface area contributed by atoms with Gasteiger partial charge in [0.05, 0.1) is 11.9 Å². The summed E-state index contributed by atoms with van der Waals surface area (Å²) in [6, 6.07) is 10.4. The molecular formula is C28H32O8Sn. The van der Waals surface area contributed by atoms with Crippen molar-refractivity contribution in [2.24, 2.45) is 0 Å². The van der Waals surface area contributed by atoms with E-state index in [9.17, 15) is 19.8 Å². The van der Waals surface area contributed by atoms with Gasteiger partial charge >= 0.3 is 69.5 Å². The summed E-state index contributed by atoms with van der Waals surface area (Å²) >= 11 is 0.149. The standard InChI is InChI=1S/2C10H8O4.2C4H9.Sn/c2*11-10(12)4-2-7-1-3-8-9(5-7)14-6-13-8;2*1-3-4-2;/h2*1-5H,6H2,(H,11,12);2*1,3-4H2,2H3;/q;;;;+2/p-2/b2*4-2+;;;. The van der Waals surface area contributed by atoms with Gasteiger partial charge in [-0.25, -0.2) is 0 Å². The monoisotopic (exact) mass is 616 g/mol. The fourth-order valence-corrected chi connectivity index (χ4v) is 7.25. The fourth-order valence-electron chi connectivity index (χ4n) is 3.09. The average Bonchev–Trinajstić information content (AvgIpc) is 3.55. The number of carboxylic acids is 2. The van der Waals surface area contributed by atoms with Crippen LogP contribution >= 0.6 is 0 Å². The largest absolute Gasteiger partial charge is 0.545 e. The van der Waals surface area contributed by atoms with E-state index in [-0.39, 0.29) is 34.7 Å². The molecule has 0 saturated carbocycles. The summed E-state index contributed by atoms with van der Waals surface area (Å²) in [6.45, 7) is 5.00. The molecule has 0 radical (unpaired) electrons. The molecule has 0 saturated heterocycles. The molecule has 2 aromatic rings. The number of carbonyl (C=O) groups excluding carboxylic acids is 2. The molecule has 2 aromatic carbocycles. The van der Waals surface area contributed by atoms with Gasteiger partial charge in [0.25, 0.3) is 0 Å². The first kappa shape index (κ1) is 30.1. The number of unbranched alkanes of at least 4 members (excludes halogenated alkanes) is 2. The van der Waals surface area contributed by atoms with Crippen LogP contribution in [0, 0.1) is 0 Å². The number of carbonyl (C=O) groups is 2. The van der Waals surface area contributed by atoms with Crippen molar-refractivity contribution in [3.8, 4) is 23.0 Å². The number of rotatable bonds is 10. The van der Waals surface area contributed by atoms with E-state index in [4.69, 9.17) is 18.9 Å². The van der Waals surface area contributed by atoms with Crippen LogP contribution in [0.25, 0.3) is 12.2 Å². The molecule has 0 aliphatic carbocycles. The van der Waals surface area contributed by atoms with E-state index in [0.29, 0.717) is 23.0 Å². The first-order chi connectivity index (χ1) is 17.9. The zero-order chi connectivity index (χ0) is 26.9. The summed E-state index contributed by atoms with van der Waals surface area (Å²) in [5.41, 5.74) is 1.47. The first-order valence-electron chi connectivity index (χ1n) is 12.2. The molecule has 2 heterocycles. The molecule has 4 rings (SSSR count). The number of carboxylic acid groups (broad SMARTS) is 2. The zero-order valence-electron chi connectivity index (χ0n) is 21.2. The van der Waals surface area contributed by atoms with Crippen molar-refractivity contribution in [2.75, 3.05) is 13.6 Å². The summed E-state index contributed by atoms with van der Waals surface area (Å²) in [4.78, 5) is 20.3. The van der Waals surface area contributed by atoms with Crippen molar-refractivity contribution in [3.05, 3.63) is 59.7 Å². The van der Waals surface area contributed by atoms with E-state index >= 15 is 0 Å². The molecule has 9 heteroatoms. The second-order valence-electron chi connectivity index (χ2n) is 7.99. The van der Waals surface area contributed by atoms with Gasteiger partial charge in [-0.05, 0) is 47.5 Å². The Bertz CT molecular complexity index is 981. The molecule has 0 atom stereocenters. The Balaban J connectivity index is 0.000000201. The number of benzene rings is 2. The molecule has 37 heavy (non-hydrogen) atoms. The molecule has 196 valence electrons. The van der Waals surface area contributed by atoms with Crippen molar-refractivity contribution in [1.82, 2.24) is 0 Å². The van der Waals surface area contributed by atoms with E-state index in [1.54, 1.807) is 45.3 Å². The Morgan fingerprint density at radius 2 is 1.14 bits per heavy atom. The summed E-state index contributed by atoms with van der Waals surface area (Å²) < 4.78 is 23.7. The van der Waals surface area contributed by atoms with Crippen LogP contribution in [0.15, 0.2) is 48.6 Å². The van der Waals surface area contributed by atoms with Crippen molar-refractivity contribution < 1.29 is 38.7 Å². The van der Waals surface area contributed by atoms with Crippen LogP contribution in [0.3, 0.4) is 0 Å². The minimum Gasteiger partial charge on any atom is -0.545 e. The second-order valence-corrected chi connectivity index (χ2v) is 12.3. The smallest absolute Gasteiger partial charge is 0.231 e. The van der Waals surface area contributed by atoms with Gasteiger partial charge in [-0.1, -0.05) is 24.3 Å². The van der Waals surface area contributed by atoms with E-state index in [0.717, 1.165) is 23.3 Å². The van der Waals surface area contributed by atoms with Crippen LogP contribution in [0.2, 0.25) is 8.87 Å². The Kier molecular flexibility index (Phi) is 14.1. The Labute approximate surface area is 228 Å². The molecular weight excluding hydrogens is 583 g/mol. The Morgan fingerprint density at radius 3 is 1.51 bits per heavy atom. The van der Waals surface area contributed by atoms with Crippen LogP contribution in [-0.4, -0.2) is 46.7 Å². The third-order valence-corrected chi connectivity index (χ3v) is 9.07. The van der Waals surface area contributed by atoms with Crippen LogP contribution in [-0.2, 0) is 9.59 Å². The maximum atomic E-state index is 10.2. The van der Waals surface area contributed by atoms with E-state index in [2.05, 4.69) is 13.8 Å². The average molecular weight is 615 g/mol. The number of fused-ring (bicyclic) bond motifs is 2. The minimum absolute atomic E-state index is 0.149. The van der Waals surface area contributed by atoms with Gasteiger partial charge in [0.2, 0.25) is 13.6 Å². The predicted octanol–water partition coefficient (Wildman–Crippen LogP) is 3.48. The topological polar surface area (TPSA) is 117 Å². The zero-order valence-corrected chi connectivity index (χ0v) is 24.1. The van der Waals surface area contributed by atoms with Crippen molar-refractivity contribution in [3.63, 3.8) is 0 Å². The molecule has 2 aliphatic rings. The molecule has 0 amide bonds. The Hall–Kier alpha value is -3.14. The van der Waals surface area contributed by atoms with E-state index in [1.807, 2.05) is 0 Å². The number of hydrogen-bond acceptors (Lipinski definition) is 8.